The Morgan fingerprint density at radius 1 is 1.05 bits per heavy atom. The van der Waals surface area contributed by atoms with E-state index in [4.69, 9.17) is 4.74 Å². The molecule has 0 atom stereocenters. The molecule has 1 heterocycles. The monoisotopic (exact) mass is 299 g/mol. The molecule has 0 saturated heterocycles. The standard InChI is InChI=1S/C16H17N3O3/c1-3-22-13-7-5-12(6-8-13)18-15(20)16(21)19-14-9-4-11(2)10-17-14/h4-10H,3H2,1-2H3,(H,18,20)(H,17,19,21). The van der Waals surface area contributed by atoms with Crippen LogP contribution in [0.25, 0.3) is 0 Å². The number of amides is 2. The molecule has 1 aromatic carbocycles. The molecule has 0 spiro atoms. The van der Waals surface area contributed by atoms with Gasteiger partial charge in [-0.15, -0.1) is 0 Å². The third-order valence-corrected chi connectivity index (χ3v) is 2.78. The quantitative estimate of drug-likeness (QED) is 0.849. The van der Waals surface area contributed by atoms with E-state index in [0.29, 0.717) is 23.9 Å². The van der Waals surface area contributed by atoms with E-state index >= 15 is 0 Å². The summed E-state index contributed by atoms with van der Waals surface area (Å²) in [5.41, 5.74) is 1.48. The Labute approximate surface area is 128 Å². The average Bonchev–Trinajstić information content (AvgIpc) is 2.51. The van der Waals surface area contributed by atoms with Crippen LogP contribution in [0.1, 0.15) is 12.5 Å². The number of rotatable bonds is 4. The SMILES string of the molecule is CCOc1ccc(NC(=O)C(=O)Nc2ccc(C)cn2)cc1. The smallest absolute Gasteiger partial charge is 0.315 e. The molecule has 6 nitrogen and oxygen atoms in total. The molecule has 1 aromatic heterocycles. The molecule has 0 aliphatic heterocycles. The van der Waals surface area contributed by atoms with Gasteiger partial charge in [0.05, 0.1) is 6.61 Å². The molecule has 0 bridgehead atoms. The zero-order valence-electron chi connectivity index (χ0n) is 12.4. The average molecular weight is 299 g/mol. The van der Waals surface area contributed by atoms with Crippen LogP contribution in [0.5, 0.6) is 5.75 Å². The molecular formula is C16H17N3O3. The van der Waals surface area contributed by atoms with Crippen LogP contribution in [0.15, 0.2) is 42.6 Å². The molecule has 0 aliphatic rings. The molecule has 0 fully saturated rings. The summed E-state index contributed by atoms with van der Waals surface area (Å²) in [7, 11) is 0. The third-order valence-electron chi connectivity index (χ3n) is 2.78. The van der Waals surface area contributed by atoms with Crippen molar-refractivity contribution in [2.45, 2.75) is 13.8 Å². The fourth-order valence-corrected chi connectivity index (χ4v) is 1.70. The van der Waals surface area contributed by atoms with Crippen molar-refractivity contribution in [2.75, 3.05) is 17.2 Å². The van der Waals surface area contributed by atoms with Crippen molar-refractivity contribution in [3.63, 3.8) is 0 Å². The van der Waals surface area contributed by atoms with Crippen LogP contribution in [0, 0.1) is 6.92 Å². The van der Waals surface area contributed by atoms with Crippen molar-refractivity contribution in [3.8, 4) is 5.75 Å². The van der Waals surface area contributed by atoms with Gasteiger partial charge in [0.1, 0.15) is 11.6 Å². The summed E-state index contributed by atoms with van der Waals surface area (Å²) < 4.78 is 5.30. The van der Waals surface area contributed by atoms with E-state index in [9.17, 15) is 9.59 Å². The maximum Gasteiger partial charge on any atom is 0.315 e. The lowest BCUT2D eigenvalue weighted by atomic mass is 10.3. The number of carbonyl (C=O) groups excluding carboxylic acids is 2. The zero-order valence-corrected chi connectivity index (χ0v) is 12.4. The van der Waals surface area contributed by atoms with Gasteiger partial charge in [0.15, 0.2) is 0 Å². The van der Waals surface area contributed by atoms with Crippen LogP contribution < -0.4 is 15.4 Å². The molecule has 2 rings (SSSR count). The topological polar surface area (TPSA) is 80.3 Å². The Kier molecular flexibility index (Phi) is 5.08. The van der Waals surface area contributed by atoms with Gasteiger partial charge < -0.3 is 15.4 Å². The van der Waals surface area contributed by atoms with Gasteiger partial charge in [-0.05, 0) is 49.7 Å². The first-order valence-electron chi connectivity index (χ1n) is 6.86. The van der Waals surface area contributed by atoms with Gasteiger partial charge in [-0.2, -0.15) is 0 Å². The molecule has 0 saturated carbocycles. The Morgan fingerprint density at radius 3 is 2.32 bits per heavy atom. The summed E-state index contributed by atoms with van der Waals surface area (Å²) in [6.45, 7) is 4.34. The van der Waals surface area contributed by atoms with E-state index in [1.165, 1.54) is 0 Å². The highest BCUT2D eigenvalue weighted by Gasteiger charge is 2.14. The normalized spacial score (nSPS) is 9.91. The lowest BCUT2D eigenvalue weighted by molar-refractivity contribution is -0.133. The summed E-state index contributed by atoms with van der Waals surface area (Å²) >= 11 is 0. The van der Waals surface area contributed by atoms with Crippen molar-refractivity contribution in [2.24, 2.45) is 0 Å². The molecule has 0 unspecified atom stereocenters. The number of ether oxygens (including phenoxy) is 1. The molecule has 2 aromatic rings. The van der Waals surface area contributed by atoms with E-state index in [2.05, 4.69) is 15.6 Å². The second-order valence-electron chi connectivity index (χ2n) is 4.59. The van der Waals surface area contributed by atoms with E-state index in [1.807, 2.05) is 13.8 Å². The number of pyridine rings is 1. The number of carbonyl (C=O) groups is 2. The lowest BCUT2D eigenvalue weighted by Gasteiger charge is -2.07. The minimum Gasteiger partial charge on any atom is -0.494 e. The van der Waals surface area contributed by atoms with E-state index in [0.717, 1.165) is 5.56 Å². The van der Waals surface area contributed by atoms with Crippen LogP contribution >= 0.6 is 0 Å². The molecule has 0 aliphatic carbocycles. The van der Waals surface area contributed by atoms with Crippen molar-refractivity contribution >= 4 is 23.3 Å². The van der Waals surface area contributed by atoms with Crippen LogP contribution in [0.2, 0.25) is 0 Å². The van der Waals surface area contributed by atoms with Crippen molar-refractivity contribution < 1.29 is 14.3 Å². The highest BCUT2D eigenvalue weighted by molar-refractivity contribution is 6.43. The number of aromatic nitrogens is 1. The summed E-state index contributed by atoms with van der Waals surface area (Å²) in [6.07, 6.45) is 1.61. The Balaban J connectivity index is 1.93. The molecule has 114 valence electrons. The summed E-state index contributed by atoms with van der Waals surface area (Å²) in [5, 5.41) is 4.94. The van der Waals surface area contributed by atoms with Gasteiger partial charge >= 0.3 is 11.8 Å². The Morgan fingerprint density at radius 2 is 1.73 bits per heavy atom. The highest BCUT2D eigenvalue weighted by Crippen LogP contribution is 2.15. The largest absolute Gasteiger partial charge is 0.494 e. The first-order valence-corrected chi connectivity index (χ1v) is 6.86. The maximum absolute atomic E-state index is 11.8. The minimum absolute atomic E-state index is 0.331. The molecule has 2 N–H and O–H groups in total. The molecule has 22 heavy (non-hydrogen) atoms. The molecular weight excluding hydrogens is 282 g/mol. The van der Waals surface area contributed by atoms with Gasteiger partial charge in [0.2, 0.25) is 0 Å². The van der Waals surface area contributed by atoms with Crippen LogP contribution in [-0.4, -0.2) is 23.4 Å². The second kappa shape index (κ2) is 7.21. The number of hydrogen-bond acceptors (Lipinski definition) is 4. The Hall–Kier alpha value is -2.89. The number of anilines is 2. The van der Waals surface area contributed by atoms with Crippen LogP contribution in [-0.2, 0) is 9.59 Å². The zero-order chi connectivity index (χ0) is 15.9. The molecule has 6 heteroatoms. The minimum atomic E-state index is -0.773. The number of nitrogens with one attached hydrogen (secondary N) is 2. The Bertz CT molecular complexity index is 651. The van der Waals surface area contributed by atoms with Gasteiger partial charge in [-0.1, -0.05) is 6.07 Å². The molecule has 0 radical (unpaired) electrons. The van der Waals surface area contributed by atoms with Gasteiger partial charge in [-0.3, -0.25) is 9.59 Å². The van der Waals surface area contributed by atoms with Gasteiger partial charge in [0, 0.05) is 11.9 Å². The van der Waals surface area contributed by atoms with Crippen molar-refractivity contribution in [1.82, 2.24) is 4.98 Å². The van der Waals surface area contributed by atoms with Gasteiger partial charge in [-0.25, -0.2) is 4.98 Å². The number of benzene rings is 1. The third kappa shape index (κ3) is 4.31. The predicted molar refractivity (Wildman–Crippen MR) is 83.8 cm³/mol. The van der Waals surface area contributed by atoms with Crippen LogP contribution in [0.3, 0.4) is 0 Å². The molecule has 2 amide bonds. The van der Waals surface area contributed by atoms with Gasteiger partial charge in [0.25, 0.3) is 0 Å². The summed E-state index contributed by atoms with van der Waals surface area (Å²) in [5.74, 6) is -0.497. The fraction of sp³-hybridized carbons (Fsp3) is 0.188. The number of aryl methyl sites for hydroxylation is 1. The van der Waals surface area contributed by atoms with E-state index < -0.39 is 11.8 Å². The summed E-state index contributed by atoms with van der Waals surface area (Å²) in [6, 6.07) is 10.2. The van der Waals surface area contributed by atoms with E-state index in [1.54, 1.807) is 42.6 Å². The maximum atomic E-state index is 11.8. The lowest BCUT2D eigenvalue weighted by Crippen LogP contribution is -2.29. The predicted octanol–water partition coefficient (Wildman–Crippen LogP) is 2.37. The summed E-state index contributed by atoms with van der Waals surface area (Å²) in [4.78, 5) is 27.6. The number of hydrogen-bond donors (Lipinski definition) is 2. The number of nitrogens with zero attached hydrogens (tertiary/aromatic N) is 1. The highest BCUT2D eigenvalue weighted by atomic mass is 16.5. The van der Waals surface area contributed by atoms with Crippen LogP contribution in [0.4, 0.5) is 11.5 Å². The van der Waals surface area contributed by atoms with E-state index in [-0.39, 0.29) is 0 Å². The van der Waals surface area contributed by atoms with Crippen molar-refractivity contribution in [1.29, 1.82) is 0 Å². The van der Waals surface area contributed by atoms with Crippen molar-refractivity contribution in [3.05, 3.63) is 48.2 Å². The first kappa shape index (κ1) is 15.5. The fourth-order valence-electron chi connectivity index (χ4n) is 1.70. The first-order chi connectivity index (χ1) is 10.6. The second-order valence-corrected chi connectivity index (χ2v) is 4.59.